The lowest BCUT2D eigenvalue weighted by atomic mass is 10.2. The van der Waals surface area contributed by atoms with E-state index in [1.54, 1.807) is 0 Å². The highest BCUT2D eigenvalue weighted by Crippen LogP contribution is 2.14. The topological polar surface area (TPSA) is 33.1 Å². The molecule has 0 bridgehead atoms. The number of hydrogen-bond acceptors (Lipinski definition) is 3. The van der Waals surface area contributed by atoms with E-state index in [4.69, 9.17) is 0 Å². The molecule has 0 amide bonds. The molecule has 0 saturated heterocycles. The Morgan fingerprint density at radius 1 is 1.19 bits per heavy atom. The van der Waals surface area contributed by atoms with E-state index in [0.29, 0.717) is 12.1 Å². The fraction of sp³-hybridized carbons (Fsp3) is 0.471. The van der Waals surface area contributed by atoms with Crippen molar-refractivity contribution in [2.75, 3.05) is 20.1 Å². The molecule has 4 nitrogen and oxygen atoms in total. The van der Waals surface area contributed by atoms with Gasteiger partial charge in [0, 0.05) is 36.9 Å². The quantitative estimate of drug-likeness (QED) is 0.849. The van der Waals surface area contributed by atoms with Crippen LogP contribution >= 0.6 is 0 Å². The van der Waals surface area contributed by atoms with Gasteiger partial charge in [-0.15, -0.1) is 0 Å². The van der Waals surface area contributed by atoms with Crippen molar-refractivity contribution in [3.05, 3.63) is 48.3 Å². The smallest absolute Gasteiger partial charge is 0.0645 e. The highest BCUT2D eigenvalue weighted by atomic mass is 15.3. The summed E-state index contributed by atoms with van der Waals surface area (Å²) >= 11 is 0. The number of nitrogens with zero attached hydrogens (tertiary/aromatic N) is 3. The summed E-state index contributed by atoms with van der Waals surface area (Å²) < 4.78 is 1.92. The van der Waals surface area contributed by atoms with Crippen molar-refractivity contribution >= 4 is 0 Å². The largest absolute Gasteiger partial charge is 0.309 e. The van der Waals surface area contributed by atoms with Gasteiger partial charge in [0.1, 0.15) is 0 Å². The Kier molecular flexibility index (Phi) is 5.53. The maximum Gasteiger partial charge on any atom is 0.0645 e. The maximum absolute atomic E-state index is 4.45. The van der Waals surface area contributed by atoms with Crippen molar-refractivity contribution < 1.29 is 0 Å². The highest BCUT2D eigenvalue weighted by molar-refractivity contribution is 5.31. The van der Waals surface area contributed by atoms with E-state index in [0.717, 1.165) is 18.8 Å². The van der Waals surface area contributed by atoms with E-state index in [1.807, 2.05) is 29.1 Å². The predicted molar refractivity (Wildman–Crippen MR) is 87.7 cm³/mol. The number of likely N-dealkylation sites (N-methyl/N-ethyl adjacent to an activating group) is 1. The first-order valence-electron chi connectivity index (χ1n) is 7.61. The Balaban J connectivity index is 1.89. The lowest BCUT2D eigenvalue weighted by Crippen LogP contribution is -2.34. The Morgan fingerprint density at radius 3 is 2.57 bits per heavy atom. The molecule has 2 aromatic rings. The molecule has 0 aliphatic carbocycles. The van der Waals surface area contributed by atoms with E-state index in [2.05, 4.69) is 61.5 Å². The fourth-order valence-corrected chi connectivity index (χ4v) is 2.12. The second kappa shape index (κ2) is 7.38. The van der Waals surface area contributed by atoms with Gasteiger partial charge in [0.2, 0.25) is 0 Å². The van der Waals surface area contributed by atoms with Gasteiger partial charge in [0.05, 0.1) is 11.9 Å². The maximum atomic E-state index is 4.45. The summed E-state index contributed by atoms with van der Waals surface area (Å²) in [6, 6.07) is 11.1. The Morgan fingerprint density at radius 2 is 1.90 bits per heavy atom. The molecular formula is C17H26N4. The minimum absolute atomic E-state index is 0.308. The molecule has 0 saturated carbocycles. The number of aromatic nitrogens is 2. The lowest BCUT2D eigenvalue weighted by molar-refractivity contribution is 0.270. The first-order valence-corrected chi connectivity index (χ1v) is 7.61. The summed E-state index contributed by atoms with van der Waals surface area (Å²) in [6.07, 6.45) is 4.04. The van der Waals surface area contributed by atoms with Crippen LogP contribution in [-0.4, -0.2) is 40.9 Å². The van der Waals surface area contributed by atoms with Crippen molar-refractivity contribution in [2.45, 2.75) is 32.9 Å². The van der Waals surface area contributed by atoms with E-state index in [-0.39, 0.29) is 0 Å². The molecule has 0 aliphatic rings. The fourth-order valence-electron chi connectivity index (χ4n) is 2.12. The Labute approximate surface area is 127 Å². The molecule has 0 fully saturated rings. The normalized spacial score (nSPS) is 13.0. The molecule has 1 aromatic heterocycles. The average Bonchev–Trinajstić information content (AvgIpc) is 2.97. The zero-order chi connectivity index (χ0) is 15.2. The van der Waals surface area contributed by atoms with Gasteiger partial charge in [-0.1, -0.05) is 18.2 Å². The van der Waals surface area contributed by atoms with Gasteiger partial charge in [-0.25, -0.2) is 4.68 Å². The van der Waals surface area contributed by atoms with Crippen molar-refractivity contribution in [3.8, 4) is 5.69 Å². The minimum atomic E-state index is 0.308. The van der Waals surface area contributed by atoms with E-state index >= 15 is 0 Å². The molecule has 1 heterocycles. The van der Waals surface area contributed by atoms with Crippen LogP contribution in [0, 0.1) is 0 Å². The van der Waals surface area contributed by atoms with E-state index in [9.17, 15) is 0 Å². The van der Waals surface area contributed by atoms with Gasteiger partial charge >= 0.3 is 0 Å². The molecule has 21 heavy (non-hydrogen) atoms. The number of nitrogens with one attached hydrogen (secondary N) is 1. The SMILES string of the molecule is CC(NCCN(C)C(C)C)c1cnn(-c2ccccc2)c1. The van der Waals surface area contributed by atoms with Gasteiger partial charge < -0.3 is 10.2 Å². The van der Waals surface area contributed by atoms with Crippen molar-refractivity contribution in [2.24, 2.45) is 0 Å². The summed E-state index contributed by atoms with van der Waals surface area (Å²) in [7, 11) is 2.16. The molecular weight excluding hydrogens is 260 g/mol. The van der Waals surface area contributed by atoms with Crippen molar-refractivity contribution in [1.82, 2.24) is 20.0 Å². The molecule has 1 atom stereocenters. The molecule has 0 aliphatic heterocycles. The van der Waals surface area contributed by atoms with Crippen LogP contribution in [0.1, 0.15) is 32.4 Å². The highest BCUT2D eigenvalue weighted by Gasteiger charge is 2.09. The van der Waals surface area contributed by atoms with Gasteiger partial charge in [-0.3, -0.25) is 0 Å². The van der Waals surface area contributed by atoms with Crippen LogP contribution in [-0.2, 0) is 0 Å². The number of benzene rings is 1. The molecule has 1 N–H and O–H groups in total. The third-order valence-corrected chi connectivity index (χ3v) is 3.92. The van der Waals surface area contributed by atoms with Crippen LogP contribution in [0.3, 0.4) is 0 Å². The van der Waals surface area contributed by atoms with Crippen LogP contribution in [0.15, 0.2) is 42.7 Å². The molecule has 0 radical (unpaired) electrons. The van der Waals surface area contributed by atoms with Crippen LogP contribution in [0.4, 0.5) is 0 Å². The monoisotopic (exact) mass is 286 g/mol. The van der Waals surface area contributed by atoms with Crippen LogP contribution in [0.5, 0.6) is 0 Å². The zero-order valence-corrected chi connectivity index (χ0v) is 13.5. The average molecular weight is 286 g/mol. The van der Waals surface area contributed by atoms with Gasteiger partial charge in [0.25, 0.3) is 0 Å². The Hall–Kier alpha value is -1.65. The second-order valence-electron chi connectivity index (χ2n) is 5.80. The van der Waals surface area contributed by atoms with Crippen molar-refractivity contribution in [1.29, 1.82) is 0 Å². The summed E-state index contributed by atoms with van der Waals surface area (Å²) in [4.78, 5) is 2.34. The zero-order valence-electron chi connectivity index (χ0n) is 13.5. The summed E-state index contributed by atoms with van der Waals surface area (Å²) in [5.74, 6) is 0. The summed E-state index contributed by atoms with van der Waals surface area (Å²) in [6.45, 7) is 8.64. The predicted octanol–water partition coefficient (Wildman–Crippen LogP) is 2.86. The van der Waals surface area contributed by atoms with Gasteiger partial charge in [0.15, 0.2) is 0 Å². The van der Waals surface area contributed by atoms with E-state index in [1.165, 1.54) is 5.56 Å². The molecule has 4 heteroatoms. The first-order chi connectivity index (χ1) is 10.1. The molecule has 0 spiro atoms. The lowest BCUT2D eigenvalue weighted by Gasteiger charge is -2.22. The van der Waals surface area contributed by atoms with Crippen molar-refractivity contribution in [3.63, 3.8) is 0 Å². The summed E-state index contributed by atoms with van der Waals surface area (Å²) in [5, 5.41) is 8.00. The minimum Gasteiger partial charge on any atom is -0.309 e. The summed E-state index contributed by atoms with van der Waals surface area (Å²) in [5.41, 5.74) is 2.31. The number of rotatable bonds is 7. The standard InChI is InChI=1S/C17H26N4/c1-14(2)20(4)11-10-18-15(3)16-12-19-21(13-16)17-8-6-5-7-9-17/h5-9,12-15,18H,10-11H2,1-4H3. The van der Waals surface area contributed by atoms with Gasteiger partial charge in [-0.2, -0.15) is 5.10 Å². The second-order valence-corrected chi connectivity index (χ2v) is 5.80. The molecule has 1 aromatic carbocycles. The van der Waals surface area contributed by atoms with Crippen LogP contribution < -0.4 is 5.32 Å². The molecule has 114 valence electrons. The van der Waals surface area contributed by atoms with Gasteiger partial charge in [-0.05, 0) is 40.0 Å². The third kappa shape index (κ3) is 4.41. The Bertz CT molecular complexity index is 533. The van der Waals surface area contributed by atoms with E-state index < -0.39 is 0 Å². The number of para-hydroxylation sites is 1. The number of hydrogen-bond donors (Lipinski definition) is 1. The molecule has 2 rings (SSSR count). The van der Waals surface area contributed by atoms with Crippen LogP contribution in [0.2, 0.25) is 0 Å². The van der Waals surface area contributed by atoms with Crippen LogP contribution in [0.25, 0.3) is 5.69 Å². The first kappa shape index (κ1) is 15.7. The molecule has 1 unspecified atom stereocenters. The third-order valence-electron chi connectivity index (χ3n) is 3.92.